The molecule has 1 unspecified atom stereocenters. The van der Waals surface area contributed by atoms with Gasteiger partial charge in [-0.05, 0) is 13.3 Å². The van der Waals surface area contributed by atoms with Gasteiger partial charge in [0.25, 0.3) is 0 Å². The molecule has 58 valence electrons. The highest BCUT2D eigenvalue weighted by Gasteiger charge is 2.26. The molecule has 11 heavy (non-hydrogen) atoms. The van der Waals surface area contributed by atoms with E-state index >= 15 is 0 Å². The van der Waals surface area contributed by atoms with Crippen molar-refractivity contribution in [2.45, 2.75) is 19.4 Å². The van der Waals surface area contributed by atoms with Crippen molar-refractivity contribution in [1.82, 2.24) is 4.90 Å². The fourth-order valence-electron chi connectivity index (χ4n) is 1.68. The first-order valence-electron chi connectivity index (χ1n) is 3.92. The van der Waals surface area contributed by atoms with E-state index < -0.39 is 0 Å². The topological polar surface area (TPSA) is 20.3 Å². The third-order valence-electron chi connectivity index (χ3n) is 2.24. The van der Waals surface area contributed by atoms with Crippen LogP contribution in [0.4, 0.5) is 0 Å². The first-order valence-corrected chi connectivity index (χ1v) is 3.92. The van der Waals surface area contributed by atoms with E-state index in [1.165, 1.54) is 5.57 Å². The summed E-state index contributed by atoms with van der Waals surface area (Å²) in [4.78, 5) is 13.2. The fraction of sp³-hybridized carbons (Fsp3) is 0.444. The Kier molecular flexibility index (Phi) is 1.34. The zero-order valence-electron chi connectivity index (χ0n) is 6.58. The maximum absolute atomic E-state index is 11.3. The van der Waals surface area contributed by atoms with Crippen LogP contribution >= 0.6 is 0 Å². The smallest absolute Gasteiger partial charge is 0.247 e. The number of nitrogens with zero attached hydrogens (tertiary/aromatic N) is 1. The minimum absolute atomic E-state index is 0.170. The predicted molar refractivity (Wildman–Crippen MR) is 43.0 cm³/mol. The van der Waals surface area contributed by atoms with E-state index in [-0.39, 0.29) is 5.91 Å². The van der Waals surface area contributed by atoms with Crippen molar-refractivity contribution in [1.29, 1.82) is 0 Å². The molecule has 0 spiro atoms. The lowest BCUT2D eigenvalue weighted by Gasteiger charge is -2.27. The maximum Gasteiger partial charge on any atom is 0.247 e. The molecule has 2 heterocycles. The second-order valence-electron chi connectivity index (χ2n) is 3.18. The van der Waals surface area contributed by atoms with Gasteiger partial charge in [0.1, 0.15) is 0 Å². The molecule has 1 amide bonds. The fourth-order valence-corrected chi connectivity index (χ4v) is 1.68. The Bertz CT molecular complexity index is 252. The summed E-state index contributed by atoms with van der Waals surface area (Å²) < 4.78 is 0. The van der Waals surface area contributed by atoms with Gasteiger partial charge in [-0.2, -0.15) is 0 Å². The van der Waals surface area contributed by atoms with Crippen LogP contribution in [0.15, 0.2) is 23.8 Å². The Morgan fingerprint density at radius 1 is 1.64 bits per heavy atom. The standard InChI is InChI=1S/C9H11NO/c1-7-5-8-3-2-4-10(8)9(11)6-7/h2-3,6,8H,4-5H2,1H3. The van der Waals surface area contributed by atoms with Crippen LogP contribution in [0.5, 0.6) is 0 Å². The summed E-state index contributed by atoms with van der Waals surface area (Å²) >= 11 is 0. The number of fused-ring (bicyclic) bond motifs is 1. The molecule has 2 aliphatic heterocycles. The average molecular weight is 149 g/mol. The number of carbonyl (C=O) groups excluding carboxylic acids is 1. The van der Waals surface area contributed by atoms with E-state index in [2.05, 4.69) is 12.2 Å². The van der Waals surface area contributed by atoms with Crippen molar-refractivity contribution in [3.8, 4) is 0 Å². The molecule has 0 saturated heterocycles. The Morgan fingerprint density at radius 3 is 3.27 bits per heavy atom. The summed E-state index contributed by atoms with van der Waals surface area (Å²) in [5.74, 6) is 0.170. The minimum Gasteiger partial charge on any atom is -0.329 e. The highest BCUT2D eigenvalue weighted by atomic mass is 16.2. The van der Waals surface area contributed by atoms with Crippen LogP contribution in [-0.4, -0.2) is 23.4 Å². The largest absolute Gasteiger partial charge is 0.329 e. The zero-order valence-corrected chi connectivity index (χ0v) is 6.58. The van der Waals surface area contributed by atoms with E-state index in [9.17, 15) is 4.79 Å². The van der Waals surface area contributed by atoms with Crippen molar-refractivity contribution in [3.05, 3.63) is 23.8 Å². The van der Waals surface area contributed by atoms with Crippen molar-refractivity contribution >= 4 is 5.91 Å². The van der Waals surface area contributed by atoms with Crippen LogP contribution in [0.2, 0.25) is 0 Å². The SMILES string of the molecule is CC1=CC(=O)N2CC=CC2C1. The number of hydrogen-bond donors (Lipinski definition) is 0. The van der Waals surface area contributed by atoms with Gasteiger partial charge in [0.2, 0.25) is 5.91 Å². The van der Waals surface area contributed by atoms with E-state index in [4.69, 9.17) is 0 Å². The van der Waals surface area contributed by atoms with Crippen molar-refractivity contribution in [2.24, 2.45) is 0 Å². The Morgan fingerprint density at radius 2 is 2.45 bits per heavy atom. The molecular weight excluding hydrogens is 138 g/mol. The normalized spacial score (nSPS) is 28.8. The highest BCUT2D eigenvalue weighted by molar-refractivity contribution is 5.90. The number of rotatable bonds is 0. The Labute approximate surface area is 66.2 Å². The lowest BCUT2D eigenvalue weighted by molar-refractivity contribution is -0.127. The molecule has 0 N–H and O–H groups in total. The van der Waals surface area contributed by atoms with Crippen LogP contribution in [0, 0.1) is 0 Å². The molecule has 2 aliphatic rings. The molecule has 1 atom stereocenters. The van der Waals surface area contributed by atoms with Crippen LogP contribution in [-0.2, 0) is 4.79 Å². The molecule has 0 radical (unpaired) electrons. The third-order valence-corrected chi connectivity index (χ3v) is 2.24. The van der Waals surface area contributed by atoms with Gasteiger partial charge in [-0.25, -0.2) is 0 Å². The minimum atomic E-state index is 0.170. The van der Waals surface area contributed by atoms with Crippen molar-refractivity contribution < 1.29 is 4.79 Å². The number of amides is 1. The van der Waals surface area contributed by atoms with Gasteiger partial charge in [-0.1, -0.05) is 17.7 Å². The molecule has 2 nitrogen and oxygen atoms in total. The van der Waals surface area contributed by atoms with Crippen LogP contribution in [0.1, 0.15) is 13.3 Å². The van der Waals surface area contributed by atoms with Gasteiger partial charge in [-0.15, -0.1) is 0 Å². The van der Waals surface area contributed by atoms with Gasteiger partial charge in [0, 0.05) is 12.6 Å². The van der Waals surface area contributed by atoms with Crippen LogP contribution in [0.3, 0.4) is 0 Å². The molecule has 0 bridgehead atoms. The molecule has 2 rings (SSSR count). The van der Waals surface area contributed by atoms with E-state index in [0.717, 1.165) is 13.0 Å². The lowest BCUT2D eigenvalue weighted by atomic mass is 10.0. The lowest BCUT2D eigenvalue weighted by Crippen LogP contribution is -2.37. The van der Waals surface area contributed by atoms with Gasteiger partial charge >= 0.3 is 0 Å². The number of carbonyl (C=O) groups is 1. The molecule has 2 heteroatoms. The van der Waals surface area contributed by atoms with Gasteiger partial charge in [0.15, 0.2) is 0 Å². The molecule has 0 aromatic heterocycles. The predicted octanol–water partition coefficient (Wildman–Crippen LogP) is 1.10. The Hall–Kier alpha value is -1.05. The maximum atomic E-state index is 11.3. The molecule has 0 fully saturated rings. The van der Waals surface area contributed by atoms with Gasteiger partial charge in [0.05, 0.1) is 6.04 Å². The summed E-state index contributed by atoms with van der Waals surface area (Å²) in [7, 11) is 0. The quantitative estimate of drug-likeness (QED) is 0.472. The van der Waals surface area contributed by atoms with Gasteiger partial charge < -0.3 is 4.90 Å². The first kappa shape index (κ1) is 6.65. The van der Waals surface area contributed by atoms with Crippen molar-refractivity contribution in [3.63, 3.8) is 0 Å². The summed E-state index contributed by atoms with van der Waals surface area (Å²) in [6.07, 6.45) is 6.94. The summed E-state index contributed by atoms with van der Waals surface area (Å²) in [6.45, 7) is 2.81. The average Bonchev–Trinajstić information content (AvgIpc) is 2.34. The molecule has 0 aromatic carbocycles. The second-order valence-corrected chi connectivity index (χ2v) is 3.18. The van der Waals surface area contributed by atoms with Crippen molar-refractivity contribution in [2.75, 3.05) is 6.54 Å². The molecule has 0 aromatic rings. The highest BCUT2D eigenvalue weighted by Crippen LogP contribution is 2.22. The van der Waals surface area contributed by atoms with Gasteiger partial charge in [-0.3, -0.25) is 4.79 Å². The van der Waals surface area contributed by atoms with E-state index in [1.54, 1.807) is 6.08 Å². The summed E-state index contributed by atoms with van der Waals surface area (Å²) in [6, 6.07) is 0.354. The van der Waals surface area contributed by atoms with Crippen LogP contribution in [0.25, 0.3) is 0 Å². The van der Waals surface area contributed by atoms with Crippen LogP contribution < -0.4 is 0 Å². The zero-order chi connectivity index (χ0) is 7.84. The molecule has 0 saturated carbocycles. The monoisotopic (exact) mass is 149 g/mol. The third kappa shape index (κ3) is 0.985. The first-order chi connectivity index (χ1) is 5.27. The molecular formula is C9H11NO. The Balaban J connectivity index is 2.28. The summed E-state index contributed by atoms with van der Waals surface area (Å²) in [5.41, 5.74) is 1.20. The summed E-state index contributed by atoms with van der Waals surface area (Å²) in [5, 5.41) is 0. The number of hydrogen-bond acceptors (Lipinski definition) is 1. The second kappa shape index (κ2) is 2.22. The molecule has 0 aliphatic carbocycles. The van der Waals surface area contributed by atoms with E-state index in [0.29, 0.717) is 6.04 Å². The van der Waals surface area contributed by atoms with E-state index in [1.807, 2.05) is 11.8 Å².